The van der Waals surface area contributed by atoms with E-state index in [4.69, 9.17) is 5.11 Å². The van der Waals surface area contributed by atoms with Gasteiger partial charge >= 0.3 is 0 Å². The zero-order valence-electron chi connectivity index (χ0n) is 18.5. The van der Waals surface area contributed by atoms with Gasteiger partial charge in [0.05, 0.1) is 16.6 Å². The average molecular weight is 440 g/mol. The van der Waals surface area contributed by atoms with Gasteiger partial charge in [-0.1, -0.05) is 26.2 Å². The number of aliphatic hydroxyl groups is 1. The minimum atomic E-state index is -0.510. The molecule has 3 saturated heterocycles. The van der Waals surface area contributed by atoms with Gasteiger partial charge in [0, 0.05) is 31.5 Å². The predicted octanol–water partition coefficient (Wildman–Crippen LogP) is 1.68. The molecule has 30 heavy (non-hydrogen) atoms. The van der Waals surface area contributed by atoms with Crippen LogP contribution in [0.3, 0.4) is 0 Å². The van der Waals surface area contributed by atoms with Crippen LogP contribution in [0.5, 0.6) is 0 Å². The molecule has 0 radical (unpaired) electrons. The largest absolute Gasteiger partial charge is 0.396 e. The summed E-state index contributed by atoms with van der Waals surface area (Å²) >= 11 is 1.72. The summed E-state index contributed by atoms with van der Waals surface area (Å²) in [6.07, 6.45) is 6.94. The van der Waals surface area contributed by atoms with E-state index in [1.165, 1.54) is 0 Å². The van der Waals surface area contributed by atoms with Gasteiger partial charge in [-0.15, -0.1) is 11.8 Å². The van der Waals surface area contributed by atoms with Crippen LogP contribution in [0.25, 0.3) is 0 Å². The summed E-state index contributed by atoms with van der Waals surface area (Å²) in [6.45, 7) is 5.50. The number of thioether (sulfide) groups is 1. The third kappa shape index (κ3) is 3.85. The number of carbonyl (C=O) groups excluding carboxylic acids is 3. The number of aliphatic hydroxyl groups excluding tert-OH is 1. The fourth-order valence-corrected chi connectivity index (χ4v) is 8.11. The maximum Gasteiger partial charge on any atom is 0.244 e. The van der Waals surface area contributed by atoms with Crippen molar-refractivity contribution in [1.82, 2.24) is 15.5 Å². The molecule has 3 rings (SSSR count). The Balaban J connectivity index is 1.86. The molecule has 2 bridgehead atoms. The van der Waals surface area contributed by atoms with E-state index in [1.807, 2.05) is 0 Å². The number of carbonyl (C=O) groups is 3. The lowest BCUT2D eigenvalue weighted by atomic mass is 9.66. The topological polar surface area (TPSA) is 98.7 Å². The monoisotopic (exact) mass is 439 g/mol. The highest BCUT2D eigenvalue weighted by Gasteiger charge is 2.76. The van der Waals surface area contributed by atoms with Crippen LogP contribution < -0.4 is 10.6 Å². The van der Waals surface area contributed by atoms with Crippen molar-refractivity contribution in [3.63, 3.8) is 0 Å². The molecule has 2 unspecified atom stereocenters. The number of amides is 3. The molecule has 3 amide bonds. The number of fused-ring (bicyclic) bond motifs is 1. The molecule has 3 N–H and O–H groups in total. The van der Waals surface area contributed by atoms with Crippen molar-refractivity contribution in [3.8, 4) is 0 Å². The summed E-state index contributed by atoms with van der Waals surface area (Å²) < 4.78 is -0.806. The summed E-state index contributed by atoms with van der Waals surface area (Å²) in [5.74, 6) is -0.999. The number of nitrogens with one attached hydrogen (secondary N) is 2. The zero-order valence-corrected chi connectivity index (χ0v) is 19.4. The van der Waals surface area contributed by atoms with Crippen LogP contribution in [0.4, 0.5) is 0 Å². The van der Waals surface area contributed by atoms with Crippen LogP contribution in [0.1, 0.15) is 65.2 Å². The lowest BCUT2D eigenvalue weighted by Gasteiger charge is -2.34. The van der Waals surface area contributed by atoms with E-state index in [0.29, 0.717) is 13.1 Å². The molecule has 3 aliphatic heterocycles. The highest BCUT2D eigenvalue weighted by atomic mass is 32.2. The van der Waals surface area contributed by atoms with Gasteiger partial charge in [-0.3, -0.25) is 14.4 Å². The van der Waals surface area contributed by atoms with Crippen LogP contribution in [0, 0.1) is 11.8 Å². The maximum absolute atomic E-state index is 13.6. The second kappa shape index (κ2) is 9.47. The number of likely N-dealkylation sites (tertiary alicyclic amines) is 1. The zero-order chi connectivity index (χ0) is 21.9. The van der Waals surface area contributed by atoms with E-state index in [9.17, 15) is 14.4 Å². The maximum atomic E-state index is 13.6. The van der Waals surface area contributed by atoms with Crippen LogP contribution in [-0.2, 0) is 14.4 Å². The summed E-state index contributed by atoms with van der Waals surface area (Å²) in [4.78, 5) is 41.5. The summed E-state index contributed by atoms with van der Waals surface area (Å²) in [5.41, 5.74) is 0. The Labute approximate surface area is 184 Å². The minimum Gasteiger partial charge on any atom is -0.396 e. The normalized spacial score (nSPS) is 34.3. The molecule has 170 valence electrons. The third-order valence-electron chi connectivity index (χ3n) is 7.19. The number of unbranched alkanes of at least 4 members (excludes halogenated alkanes) is 4. The molecular formula is C22H37N3O4S. The first kappa shape index (κ1) is 23.4. The SMILES string of the molecule is CCCCNC(=O)C1N(CCCCCCO)C(=O)[C@@H]2[C@H](C(=O)NC)[C@]3(C)CCC12S3. The van der Waals surface area contributed by atoms with Gasteiger partial charge in [-0.2, -0.15) is 0 Å². The second-order valence-corrected chi connectivity index (χ2v) is 11.1. The van der Waals surface area contributed by atoms with E-state index >= 15 is 0 Å². The quantitative estimate of drug-likeness (QED) is 0.426. The molecule has 0 aromatic rings. The standard InChI is InChI=1S/C22H37N3O4S/c1-4-5-12-24-19(28)17-22-11-10-21(2,30-22)15(18(27)23-3)16(22)20(29)25(17)13-8-6-7-9-14-26/h15-17,26H,4-14H2,1-3H3,(H,23,27)(H,24,28)/t15-,16+,17?,21+,22?/m1/s1. The molecule has 3 heterocycles. The van der Waals surface area contributed by atoms with Gasteiger partial charge in [0.15, 0.2) is 0 Å². The molecule has 7 nitrogen and oxygen atoms in total. The first-order valence-electron chi connectivity index (χ1n) is 11.5. The van der Waals surface area contributed by atoms with Crippen molar-refractivity contribution < 1.29 is 19.5 Å². The molecule has 3 aliphatic rings. The van der Waals surface area contributed by atoms with Crippen LogP contribution >= 0.6 is 11.8 Å². The van der Waals surface area contributed by atoms with E-state index in [2.05, 4.69) is 24.5 Å². The van der Waals surface area contributed by atoms with E-state index in [-0.39, 0.29) is 35.0 Å². The fourth-order valence-electron chi connectivity index (χ4n) is 5.76. The van der Waals surface area contributed by atoms with Crippen molar-refractivity contribution in [1.29, 1.82) is 0 Å². The van der Waals surface area contributed by atoms with Crippen molar-refractivity contribution in [3.05, 3.63) is 0 Å². The minimum absolute atomic E-state index is 0.0303. The van der Waals surface area contributed by atoms with E-state index < -0.39 is 16.7 Å². The van der Waals surface area contributed by atoms with Gasteiger partial charge in [-0.05, 0) is 39.0 Å². The van der Waals surface area contributed by atoms with Crippen molar-refractivity contribution in [2.45, 2.75) is 80.7 Å². The molecule has 1 spiro atoms. The van der Waals surface area contributed by atoms with Crippen LogP contribution in [-0.4, -0.2) is 70.0 Å². The number of rotatable bonds is 11. The summed E-state index contributed by atoms with van der Waals surface area (Å²) in [5, 5.41) is 14.8. The number of hydrogen-bond acceptors (Lipinski definition) is 5. The Kier molecular flexibility index (Phi) is 7.38. The first-order chi connectivity index (χ1) is 14.4. The molecule has 0 aromatic carbocycles. The van der Waals surface area contributed by atoms with Gasteiger partial charge in [0.25, 0.3) is 0 Å². The molecule has 5 atom stereocenters. The average Bonchev–Trinajstić information content (AvgIpc) is 3.28. The molecular weight excluding hydrogens is 402 g/mol. The highest BCUT2D eigenvalue weighted by Crippen LogP contribution is 2.71. The summed E-state index contributed by atoms with van der Waals surface area (Å²) in [6, 6.07) is -0.508. The van der Waals surface area contributed by atoms with E-state index in [1.54, 1.807) is 23.7 Å². The van der Waals surface area contributed by atoms with Crippen molar-refractivity contribution in [2.75, 3.05) is 26.7 Å². The predicted molar refractivity (Wildman–Crippen MR) is 118 cm³/mol. The molecule has 0 aromatic heterocycles. The van der Waals surface area contributed by atoms with E-state index in [0.717, 1.165) is 51.4 Å². The van der Waals surface area contributed by atoms with Crippen molar-refractivity contribution in [2.24, 2.45) is 11.8 Å². The number of hydrogen-bond donors (Lipinski definition) is 3. The smallest absolute Gasteiger partial charge is 0.244 e. The third-order valence-corrected chi connectivity index (χ3v) is 9.18. The second-order valence-electron chi connectivity index (χ2n) is 9.16. The van der Waals surface area contributed by atoms with Crippen molar-refractivity contribution >= 4 is 29.5 Å². The first-order valence-corrected chi connectivity index (χ1v) is 12.3. The van der Waals surface area contributed by atoms with Gasteiger partial charge in [0.2, 0.25) is 17.7 Å². The summed E-state index contributed by atoms with van der Waals surface area (Å²) in [7, 11) is 1.63. The number of nitrogens with zero attached hydrogens (tertiary/aromatic N) is 1. The molecule has 3 fully saturated rings. The Bertz CT molecular complexity index is 675. The van der Waals surface area contributed by atoms with Gasteiger partial charge in [-0.25, -0.2) is 0 Å². The van der Waals surface area contributed by atoms with Crippen LogP contribution in [0.15, 0.2) is 0 Å². The van der Waals surface area contributed by atoms with Crippen LogP contribution in [0.2, 0.25) is 0 Å². The Morgan fingerprint density at radius 3 is 2.57 bits per heavy atom. The highest BCUT2D eigenvalue weighted by molar-refractivity contribution is 8.02. The van der Waals surface area contributed by atoms with Gasteiger partial charge in [0.1, 0.15) is 6.04 Å². The molecule has 0 saturated carbocycles. The van der Waals surface area contributed by atoms with Gasteiger partial charge < -0.3 is 20.6 Å². The Morgan fingerprint density at radius 1 is 1.17 bits per heavy atom. The Morgan fingerprint density at radius 2 is 1.90 bits per heavy atom. The fraction of sp³-hybridized carbons (Fsp3) is 0.864. The molecule has 8 heteroatoms. The Hall–Kier alpha value is -1.28. The lowest BCUT2D eigenvalue weighted by molar-refractivity contribution is -0.140. The molecule has 0 aliphatic carbocycles. The lowest BCUT2D eigenvalue weighted by Crippen LogP contribution is -2.54.